The summed E-state index contributed by atoms with van der Waals surface area (Å²) in [5.74, 6) is 0.148. The monoisotopic (exact) mass is 556 g/mol. The predicted octanol–water partition coefficient (Wildman–Crippen LogP) is 3.02. The molecule has 0 spiro atoms. The predicted molar refractivity (Wildman–Crippen MR) is 148 cm³/mol. The molecule has 11 heteroatoms. The highest BCUT2D eigenvalue weighted by Gasteiger charge is 2.37. The van der Waals surface area contributed by atoms with Crippen molar-refractivity contribution in [1.29, 1.82) is 0 Å². The van der Waals surface area contributed by atoms with Gasteiger partial charge >= 0.3 is 6.03 Å². The lowest BCUT2D eigenvalue weighted by Crippen LogP contribution is -2.54. The van der Waals surface area contributed by atoms with Gasteiger partial charge in [0.2, 0.25) is 0 Å². The molecule has 1 fully saturated rings. The van der Waals surface area contributed by atoms with E-state index in [0.29, 0.717) is 60.3 Å². The Morgan fingerprint density at radius 1 is 0.878 bits per heavy atom. The van der Waals surface area contributed by atoms with Crippen LogP contribution in [-0.4, -0.2) is 85.7 Å². The van der Waals surface area contributed by atoms with Crippen LogP contribution in [0.5, 0.6) is 11.5 Å². The molecule has 1 atom stereocenters. The van der Waals surface area contributed by atoms with E-state index in [1.54, 1.807) is 77.7 Å². The number of imide groups is 1. The standard InChI is InChI=1S/C30H28N4O7/c35-27-22-5-1-2-6-23(22)28(36)33(27)15-18-40-21-11-9-20(10-12-21)31-30(38)34-19-26(29(37)32-13-16-39-17-14-32)41-25-8-4-3-7-24(25)34/h1-12,26H,13-19H2,(H,31,38). The number of carbonyl (C=O) groups excluding carboxylic acids is 4. The third-order valence-corrected chi connectivity index (χ3v) is 7.18. The van der Waals surface area contributed by atoms with Gasteiger partial charge in [0, 0.05) is 18.8 Å². The van der Waals surface area contributed by atoms with Gasteiger partial charge in [-0.3, -0.25) is 24.2 Å². The summed E-state index contributed by atoms with van der Waals surface area (Å²) in [5.41, 5.74) is 1.90. The zero-order valence-corrected chi connectivity index (χ0v) is 22.2. The van der Waals surface area contributed by atoms with Gasteiger partial charge < -0.3 is 24.4 Å². The Bertz CT molecular complexity index is 1450. The van der Waals surface area contributed by atoms with Crippen molar-refractivity contribution in [2.75, 3.05) is 56.2 Å². The van der Waals surface area contributed by atoms with Crippen LogP contribution in [0.1, 0.15) is 20.7 Å². The number of rotatable bonds is 6. The molecule has 3 aliphatic heterocycles. The van der Waals surface area contributed by atoms with Gasteiger partial charge in [0.15, 0.2) is 6.10 Å². The fourth-order valence-corrected chi connectivity index (χ4v) is 5.07. The highest BCUT2D eigenvalue weighted by atomic mass is 16.5. The molecule has 41 heavy (non-hydrogen) atoms. The number of ether oxygens (including phenoxy) is 3. The summed E-state index contributed by atoms with van der Waals surface area (Å²) < 4.78 is 17.1. The van der Waals surface area contributed by atoms with Crippen LogP contribution in [-0.2, 0) is 9.53 Å². The van der Waals surface area contributed by atoms with Crippen molar-refractivity contribution in [2.24, 2.45) is 0 Å². The fourth-order valence-electron chi connectivity index (χ4n) is 5.07. The summed E-state index contributed by atoms with van der Waals surface area (Å²) in [4.78, 5) is 55.9. The summed E-state index contributed by atoms with van der Waals surface area (Å²) in [6.07, 6.45) is -0.827. The van der Waals surface area contributed by atoms with Crippen molar-refractivity contribution in [2.45, 2.75) is 6.10 Å². The number of carbonyl (C=O) groups is 4. The molecule has 3 heterocycles. The lowest BCUT2D eigenvalue weighted by Gasteiger charge is -2.37. The second-order valence-corrected chi connectivity index (χ2v) is 9.73. The van der Waals surface area contributed by atoms with Crippen LogP contribution in [0.25, 0.3) is 0 Å². The number of anilines is 2. The second-order valence-electron chi connectivity index (χ2n) is 9.73. The Labute approximate surface area is 236 Å². The largest absolute Gasteiger partial charge is 0.492 e. The van der Waals surface area contributed by atoms with Crippen LogP contribution in [0.4, 0.5) is 16.2 Å². The van der Waals surface area contributed by atoms with E-state index in [0.717, 1.165) is 0 Å². The van der Waals surface area contributed by atoms with E-state index in [-0.39, 0.29) is 37.4 Å². The number of morpholine rings is 1. The fraction of sp³-hybridized carbons (Fsp3) is 0.267. The van der Waals surface area contributed by atoms with E-state index in [1.165, 1.54) is 9.80 Å². The van der Waals surface area contributed by atoms with Gasteiger partial charge in [0.25, 0.3) is 17.7 Å². The van der Waals surface area contributed by atoms with Crippen LogP contribution in [0, 0.1) is 0 Å². The molecule has 3 aliphatic rings. The molecule has 1 unspecified atom stereocenters. The van der Waals surface area contributed by atoms with E-state index < -0.39 is 12.1 Å². The second kappa shape index (κ2) is 11.3. The Morgan fingerprint density at radius 3 is 2.24 bits per heavy atom. The van der Waals surface area contributed by atoms with Crippen LogP contribution >= 0.6 is 0 Å². The molecule has 11 nitrogen and oxygen atoms in total. The smallest absolute Gasteiger partial charge is 0.326 e. The Hall–Kier alpha value is -4.90. The topological polar surface area (TPSA) is 118 Å². The highest BCUT2D eigenvalue weighted by Crippen LogP contribution is 2.34. The summed E-state index contributed by atoms with van der Waals surface area (Å²) in [6, 6.07) is 20.2. The molecule has 0 aromatic heterocycles. The maximum atomic E-state index is 13.3. The zero-order chi connectivity index (χ0) is 28.3. The number of amides is 5. The highest BCUT2D eigenvalue weighted by molar-refractivity contribution is 6.21. The molecule has 5 amide bonds. The average Bonchev–Trinajstić information content (AvgIpc) is 3.26. The quantitative estimate of drug-likeness (QED) is 0.464. The number of nitrogens with zero attached hydrogens (tertiary/aromatic N) is 3. The molecule has 0 radical (unpaired) electrons. The number of benzene rings is 3. The van der Waals surface area contributed by atoms with Crippen molar-refractivity contribution in [1.82, 2.24) is 9.80 Å². The van der Waals surface area contributed by atoms with Crippen molar-refractivity contribution >= 4 is 35.1 Å². The molecule has 3 aromatic carbocycles. The lowest BCUT2D eigenvalue weighted by molar-refractivity contribution is -0.142. The molecule has 6 rings (SSSR count). The molecule has 210 valence electrons. The van der Waals surface area contributed by atoms with Crippen molar-refractivity contribution in [3.05, 3.63) is 83.9 Å². The lowest BCUT2D eigenvalue weighted by atomic mass is 10.1. The van der Waals surface area contributed by atoms with E-state index in [1.807, 2.05) is 0 Å². The average molecular weight is 557 g/mol. The number of hydrogen-bond donors (Lipinski definition) is 1. The molecule has 1 N–H and O–H groups in total. The summed E-state index contributed by atoms with van der Waals surface area (Å²) >= 11 is 0. The van der Waals surface area contributed by atoms with Crippen LogP contribution < -0.4 is 19.7 Å². The van der Waals surface area contributed by atoms with Crippen LogP contribution in [0.2, 0.25) is 0 Å². The van der Waals surface area contributed by atoms with Gasteiger partial charge in [-0.05, 0) is 48.5 Å². The third kappa shape index (κ3) is 5.31. The molecule has 3 aromatic rings. The molecular formula is C30H28N4O7. The molecule has 0 saturated carbocycles. The Morgan fingerprint density at radius 2 is 1.54 bits per heavy atom. The van der Waals surface area contributed by atoms with Crippen molar-refractivity contribution in [3.63, 3.8) is 0 Å². The van der Waals surface area contributed by atoms with E-state index >= 15 is 0 Å². The van der Waals surface area contributed by atoms with Crippen LogP contribution in [0.3, 0.4) is 0 Å². The van der Waals surface area contributed by atoms with Crippen molar-refractivity contribution < 1.29 is 33.4 Å². The van der Waals surface area contributed by atoms with E-state index in [9.17, 15) is 19.2 Å². The minimum absolute atomic E-state index is 0.0675. The first-order valence-electron chi connectivity index (χ1n) is 13.4. The number of nitrogens with one attached hydrogen (secondary N) is 1. The Kier molecular flexibility index (Phi) is 7.26. The number of fused-ring (bicyclic) bond motifs is 2. The van der Waals surface area contributed by atoms with Gasteiger partial charge in [-0.15, -0.1) is 0 Å². The van der Waals surface area contributed by atoms with Gasteiger partial charge in [-0.2, -0.15) is 0 Å². The number of para-hydroxylation sites is 2. The molecule has 0 bridgehead atoms. The normalized spacial score (nSPS) is 18.0. The third-order valence-electron chi connectivity index (χ3n) is 7.18. The molecule has 1 saturated heterocycles. The minimum atomic E-state index is -0.827. The van der Waals surface area contributed by atoms with E-state index in [2.05, 4.69) is 5.32 Å². The SMILES string of the molecule is O=C(C1CN(C(=O)Nc2ccc(OCCN3C(=O)c4ccccc4C3=O)cc2)c2ccccc2O1)N1CCOCC1. The molecule has 0 aliphatic carbocycles. The summed E-state index contributed by atoms with van der Waals surface area (Å²) in [7, 11) is 0. The first-order chi connectivity index (χ1) is 20.0. The van der Waals surface area contributed by atoms with Gasteiger partial charge in [-0.1, -0.05) is 24.3 Å². The van der Waals surface area contributed by atoms with Crippen LogP contribution in [0.15, 0.2) is 72.8 Å². The summed E-state index contributed by atoms with van der Waals surface area (Å²) in [5, 5.41) is 2.87. The first-order valence-corrected chi connectivity index (χ1v) is 13.4. The number of hydrogen-bond acceptors (Lipinski definition) is 7. The van der Waals surface area contributed by atoms with E-state index in [4.69, 9.17) is 14.2 Å². The number of urea groups is 1. The molecular weight excluding hydrogens is 528 g/mol. The van der Waals surface area contributed by atoms with Gasteiger partial charge in [-0.25, -0.2) is 4.79 Å². The first kappa shape index (κ1) is 26.3. The maximum absolute atomic E-state index is 13.3. The zero-order valence-electron chi connectivity index (χ0n) is 22.2. The summed E-state index contributed by atoms with van der Waals surface area (Å²) in [6.45, 7) is 2.23. The van der Waals surface area contributed by atoms with Crippen molar-refractivity contribution in [3.8, 4) is 11.5 Å². The van der Waals surface area contributed by atoms with Gasteiger partial charge in [0.05, 0.1) is 43.1 Å². The Balaban J connectivity index is 1.06. The van der Waals surface area contributed by atoms with Gasteiger partial charge in [0.1, 0.15) is 18.1 Å². The minimum Gasteiger partial charge on any atom is -0.492 e. The maximum Gasteiger partial charge on any atom is 0.326 e.